The van der Waals surface area contributed by atoms with Crippen molar-refractivity contribution in [1.29, 1.82) is 0 Å². The number of allylic oxidation sites excluding steroid dienone is 1. The second kappa shape index (κ2) is 6.70. The van der Waals surface area contributed by atoms with E-state index < -0.39 is 5.60 Å². The van der Waals surface area contributed by atoms with Gasteiger partial charge in [-0.15, -0.1) is 6.58 Å². The van der Waals surface area contributed by atoms with Gasteiger partial charge in [0.05, 0.1) is 13.2 Å². The highest BCUT2D eigenvalue weighted by Gasteiger charge is 2.16. The maximum absolute atomic E-state index is 9.92. The number of nitrogens with one attached hydrogen (secondary N) is 1. The predicted octanol–water partition coefficient (Wildman–Crippen LogP) is -0.378. The molecule has 1 aliphatic rings. The maximum atomic E-state index is 9.92. The number of morpholine rings is 1. The largest absolute Gasteiger partial charge is 0.378 e. The summed E-state index contributed by atoms with van der Waals surface area (Å²) in [6, 6.07) is 0. The molecule has 16 heavy (non-hydrogen) atoms. The average molecular weight is 224 g/mol. The summed E-state index contributed by atoms with van der Waals surface area (Å²) in [4.78, 5) is 1.44. The Balaban J connectivity index is 2.31. The van der Waals surface area contributed by atoms with E-state index in [2.05, 4.69) is 18.4 Å². The highest BCUT2D eigenvalue weighted by Crippen LogP contribution is 2.10. The minimum Gasteiger partial charge on any atom is -0.378 e. The third-order valence-electron chi connectivity index (χ3n) is 2.73. The number of hydrogen-bond acceptors (Lipinski definition) is 2. The van der Waals surface area contributed by atoms with E-state index in [9.17, 15) is 5.11 Å². The molecule has 1 rings (SSSR count). The van der Waals surface area contributed by atoms with Gasteiger partial charge < -0.3 is 14.7 Å². The molecular formula is C13H22NO2+. The van der Waals surface area contributed by atoms with Crippen LogP contribution in [-0.2, 0) is 4.74 Å². The summed E-state index contributed by atoms with van der Waals surface area (Å²) in [5.74, 6) is 6.01. The van der Waals surface area contributed by atoms with Crippen molar-refractivity contribution in [1.82, 2.24) is 0 Å². The van der Waals surface area contributed by atoms with Crippen LogP contribution < -0.4 is 4.90 Å². The lowest BCUT2D eigenvalue weighted by Crippen LogP contribution is -3.14. The topological polar surface area (TPSA) is 33.9 Å². The molecule has 0 unspecified atom stereocenters. The van der Waals surface area contributed by atoms with Crippen molar-refractivity contribution in [2.45, 2.75) is 25.4 Å². The van der Waals surface area contributed by atoms with Crippen LogP contribution in [-0.4, -0.2) is 43.6 Å². The first-order valence-corrected chi connectivity index (χ1v) is 5.89. The Morgan fingerprint density at radius 2 is 2.19 bits per heavy atom. The van der Waals surface area contributed by atoms with E-state index in [1.165, 1.54) is 4.90 Å². The summed E-state index contributed by atoms with van der Waals surface area (Å²) < 4.78 is 5.27. The van der Waals surface area contributed by atoms with E-state index in [1.807, 2.05) is 6.08 Å². The Morgan fingerprint density at radius 1 is 1.50 bits per heavy atom. The summed E-state index contributed by atoms with van der Waals surface area (Å²) in [6.45, 7) is 9.88. The molecule has 3 heteroatoms. The van der Waals surface area contributed by atoms with Gasteiger partial charge in [-0.3, -0.25) is 0 Å². The monoisotopic (exact) mass is 224 g/mol. The maximum Gasteiger partial charge on any atom is 0.139 e. The molecule has 0 aromatic heterocycles. The molecule has 1 fully saturated rings. The molecule has 3 nitrogen and oxygen atoms in total. The quantitative estimate of drug-likeness (QED) is 0.504. The van der Waals surface area contributed by atoms with E-state index in [0.717, 1.165) is 39.3 Å². The fourth-order valence-electron chi connectivity index (χ4n) is 1.64. The molecule has 0 aromatic rings. The first-order chi connectivity index (χ1) is 7.64. The van der Waals surface area contributed by atoms with Gasteiger partial charge in [0, 0.05) is 0 Å². The number of hydrogen-bond donors (Lipinski definition) is 2. The van der Waals surface area contributed by atoms with Gasteiger partial charge in [-0.1, -0.05) is 12.0 Å². The number of ether oxygens (including phenoxy) is 1. The van der Waals surface area contributed by atoms with Crippen LogP contribution in [0.25, 0.3) is 0 Å². The number of quaternary nitrogens is 1. The Labute approximate surface area is 98.1 Å². The smallest absolute Gasteiger partial charge is 0.139 e. The van der Waals surface area contributed by atoms with E-state index in [0.29, 0.717) is 6.42 Å². The fraction of sp³-hybridized carbons (Fsp3) is 0.692. The molecule has 0 aromatic carbocycles. The van der Waals surface area contributed by atoms with Crippen molar-refractivity contribution < 1.29 is 14.7 Å². The lowest BCUT2D eigenvalue weighted by molar-refractivity contribution is -0.900. The zero-order chi connectivity index (χ0) is 11.9. The fourth-order valence-corrected chi connectivity index (χ4v) is 1.64. The zero-order valence-corrected chi connectivity index (χ0v) is 10.1. The molecule has 0 aliphatic carbocycles. The first kappa shape index (κ1) is 13.2. The van der Waals surface area contributed by atoms with Gasteiger partial charge >= 0.3 is 0 Å². The van der Waals surface area contributed by atoms with Crippen molar-refractivity contribution >= 4 is 0 Å². The SMILES string of the molecule is C=CCC[C@](C)(O)C#CC[NH+]1CCOCC1. The Hall–Kier alpha value is -0.820. The van der Waals surface area contributed by atoms with Crippen molar-refractivity contribution in [2.75, 3.05) is 32.8 Å². The summed E-state index contributed by atoms with van der Waals surface area (Å²) in [5.41, 5.74) is -0.875. The van der Waals surface area contributed by atoms with Crippen molar-refractivity contribution in [3.05, 3.63) is 12.7 Å². The highest BCUT2D eigenvalue weighted by atomic mass is 16.5. The third kappa shape index (κ3) is 5.32. The molecule has 0 radical (unpaired) electrons. The van der Waals surface area contributed by atoms with E-state index in [1.54, 1.807) is 6.92 Å². The minimum absolute atomic E-state index is 0.655. The van der Waals surface area contributed by atoms with Gasteiger partial charge in [0.1, 0.15) is 25.2 Å². The Morgan fingerprint density at radius 3 is 2.81 bits per heavy atom. The highest BCUT2D eigenvalue weighted by molar-refractivity contribution is 5.12. The Kier molecular flexibility index (Phi) is 5.54. The third-order valence-corrected chi connectivity index (χ3v) is 2.73. The lowest BCUT2D eigenvalue weighted by atomic mass is 10.0. The van der Waals surface area contributed by atoms with Gasteiger partial charge in [0.2, 0.25) is 0 Å². The zero-order valence-electron chi connectivity index (χ0n) is 10.1. The molecule has 0 spiro atoms. The van der Waals surface area contributed by atoms with Crippen molar-refractivity contribution in [3.8, 4) is 11.8 Å². The molecular weight excluding hydrogens is 202 g/mol. The van der Waals surface area contributed by atoms with E-state index in [4.69, 9.17) is 4.74 Å². The number of aliphatic hydroxyl groups is 1. The summed E-state index contributed by atoms with van der Waals surface area (Å²) in [7, 11) is 0. The van der Waals surface area contributed by atoms with Gasteiger partial charge in [0.25, 0.3) is 0 Å². The van der Waals surface area contributed by atoms with E-state index >= 15 is 0 Å². The van der Waals surface area contributed by atoms with Crippen LogP contribution in [0.2, 0.25) is 0 Å². The molecule has 1 saturated heterocycles. The van der Waals surface area contributed by atoms with Crippen LogP contribution in [0, 0.1) is 11.8 Å². The lowest BCUT2D eigenvalue weighted by Gasteiger charge is -2.21. The van der Waals surface area contributed by atoms with E-state index in [-0.39, 0.29) is 0 Å². The Bertz CT molecular complexity index is 269. The second-order valence-corrected chi connectivity index (χ2v) is 4.44. The van der Waals surface area contributed by atoms with Gasteiger partial charge in [-0.2, -0.15) is 0 Å². The molecule has 0 bridgehead atoms. The minimum atomic E-state index is -0.875. The molecule has 0 amide bonds. The average Bonchev–Trinajstić information content (AvgIpc) is 2.28. The normalized spacial score (nSPS) is 20.6. The molecule has 0 saturated carbocycles. The van der Waals surface area contributed by atoms with Gasteiger partial charge in [-0.25, -0.2) is 0 Å². The van der Waals surface area contributed by atoms with Crippen LogP contribution >= 0.6 is 0 Å². The summed E-state index contributed by atoms with van der Waals surface area (Å²) in [6.07, 6.45) is 3.26. The van der Waals surface area contributed by atoms with Crippen LogP contribution in [0.15, 0.2) is 12.7 Å². The van der Waals surface area contributed by atoms with Crippen LogP contribution in [0.4, 0.5) is 0 Å². The predicted molar refractivity (Wildman–Crippen MR) is 64.2 cm³/mol. The number of rotatable bonds is 4. The molecule has 1 aliphatic heterocycles. The molecule has 1 heterocycles. The first-order valence-electron chi connectivity index (χ1n) is 5.89. The van der Waals surface area contributed by atoms with Crippen LogP contribution in [0.3, 0.4) is 0 Å². The summed E-state index contributed by atoms with van der Waals surface area (Å²) >= 11 is 0. The van der Waals surface area contributed by atoms with Gasteiger partial charge in [-0.05, 0) is 25.7 Å². The standard InChI is InChI=1S/C13H21NO2/c1-3-4-6-13(2,15)7-5-8-14-9-11-16-12-10-14/h3,15H,1,4,6,8-12H2,2H3/p+1/t13-/m0/s1. The van der Waals surface area contributed by atoms with Gasteiger partial charge in [0.15, 0.2) is 0 Å². The van der Waals surface area contributed by atoms with Crippen molar-refractivity contribution in [2.24, 2.45) is 0 Å². The molecule has 1 atom stereocenters. The summed E-state index contributed by atoms with van der Waals surface area (Å²) in [5, 5.41) is 9.92. The van der Waals surface area contributed by atoms with Crippen LogP contribution in [0.1, 0.15) is 19.8 Å². The van der Waals surface area contributed by atoms with Crippen molar-refractivity contribution in [3.63, 3.8) is 0 Å². The van der Waals surface area contributed by atoms with Crippen LogP contribution in [0.5, 0.6) is 0 Å². The second-order valence-electron chi connectivity index (χ2n) is 4.44. The molecule has 2 N–H and O–H groups in total. The molecule has 90 valence electrons.